The van der Waals surface area contributed by atoms with Crippen LogP contribution in [0.4, 0.5) is 0 Å². The first-order valence-electron chi connectivity index (χ1n) is 10.8. The van der Waals surface area contributed by atoms with E-state index in [2.05, 4.69) is 42.0 Å². The minimum Gasteiger partial charge on any atom is -0.490 e. The molecule has 2 aromatic heterocycles. The molecule has 1 amide bonds. The number of likely N-dealkylation sites (tertiary alicyclic amines) is 1. The minimum absolute atomic E-state index is 0.0334. The first kappa shape index (κ1) is 22.5. The molecule has 32 heavy (non-hydrogen) atoms. The second-order valence-corrected chi connectivity index (χ2v) is 9.20. The highest BCUT2D eigenvalue weighted by Crippen LogP contribution is 2.36. The molecule has 4 rings (SSSR count). The van der Waals surface area contributed by atoms with Crippen LogP contribution >= 0.6 is 11.3 Å². The van der Waals surface area contributed by atoms with E-state index in [-0.39, 0.29) is 12.0 Å². The molecule has 0 aliphatic carbocycles. The number of hydrogen-bond acceptors (Lipinski definition) is 7. The first-order chi connectivity index (χ1) is 15.4. The van der Waals surface area contributed by atoms with Crippen LogP contribution in [0.3, 0.4) is 0 Å². The van der Waals surface area contributed by atoms with E-state index in [1.54, 1.807) is 14.2 Å². The van der Waals surface area contributed by atoms with Crippen molar-refractivity contribution >= 4 is 27.5 Å². The fourth-order valence-electron chi connectivity index (χ4n) is 4.02. The van der Waals surface area contributed by atoms with Crippen molar-refractivity contribution in [2.75, 3.05) is 27.3 Å². The van der Waals surface area contributed by atoms with E-state index >= 15 is 0 Å². The predicted octanol–water partition coefficient (Wildman–Crippen LogP) is 4.46. The maximum Gasteiger partial charge on any atom is 0.264 e. The number of methoxy groups -OCH3 is 2. The number of fused-ring (bicyclic) bond motifs is 1. The highest BCUT2D eigenvalue weighted by Gasteiger charge is 2.29. The average Bonchev–Trinajstić information content (AvgIpc) is 3.12. The summed E-state index contributed by atoms with van der Waals surface area (Å²) in [7, 11) is 3.18. The molecule has 3 aromatic rings. The quantitative estimate of drug-likeness (QED) is 0.547. The van der Waals surface area contributed by atoms with Crippen LogP contribution in [0.25, 0.3) is 10.2 Å². The number of benzene rings is 1. The molecule has 0 saturated carbocycles. The van der Waals surface area contributed by atoms with Gasteiger partial charge in [-0.15, -0.1) is 11.3 Å². The lowest BCUT2D eigenvalue weighted by molar-refractivity contribution is 0.0598. The second kappa shape index (κ2) is 9.42. The smallest absolute Gasteiger partial charge is 0.264 e. The van der Waals surface area contributed by atoms with E-state index in [0.29, 0.717) is 36.3 Å². The Balaban J connectivity index is 1.49. The van der Waals surface area contributed by atoms with Gasteiger partial charge in [0, 0.05) is 33.0 Å². The lowest BCUT2D eigenvalue weighted by Gasteiger charge is -2.32. The van der Waals surface area contributed by atoms with Gasteiger partial charge in [0.1, 0.15) is 23.3 Å². The van der Waals surface area contributed by atoms with Crippen molar-refractivity contribution in [3.63, 3.8) is 0 Å². The molecule has 1 aromatic carbocycles. The molecule has 1 aliphatic heterocycles. The van der Waals surface area contributed by atoms with Crippen LogP contribution in [0.15, 0.2) is 18.2 Å². The van der Waals surface area contributed by atoms with Crippen LogP contribution in [0.2, 0.25) is 0 Å². The Morgan fingerprint density at radius 1 is 1.16 bits per heavy atom. The van der Waals surface area contributed by atoms with Gasteiger partial charge in [0.25, 0.3) is 5.91 Å². The van der Waals surface area contributed by atoms with Gasteiger partial charge in [-0.1, -0.05) is 12.1 Å². The zero-order valence-electron chi connectivity index (χ0n) is 19.2. The Bertz CT molecular complexity index is 1140. The molecule has 0 N–H and O–H groups in total. The Hall–Kier alpha value is -2.71. The topological polar surface area (TPSA) is 73.8 Å². The molecule has 1 aliphatic rings. The number of hydrogen-bond donors (Lipinski definition) is 0. The van der Waals surface area contributed by atoms with Crippen LogP contribution in [-0.2, 0) is 11.3 Å². The molecule has 3 heterocycles. The maximum atomic E-state index is 13.3. The van der Waals surface area contributed by atoms with Crippen molar-refractivity contribution in [1.82, 2.24) is 14.9 Å². The summed E-state index contributed by atoms with van der Waals surface area (Å²) in [5.74, 6) is 2.00. The number of piperidine rings is 1. The van der Waals surface area contributed by atoms with E-state index in [1.165, 1.54) is 16.9 Å². The highest BCUT2D eigenvalue weighted by atomic mass is 32.1. The molecule has 0 radical (unpaired) electrons. The number of carbonyl (C=O) groups is 1. The molecule has 1 saturated heterocycles. The molecule has 1 fully saturated rings. The molecule has 170 valence electrons. The van der Waals surface area contributed by atoms with Gasteiger partial charge < -0.3 is 19.1 Å². The van der Waals surface area contributed by atoms with Crippen molar-refractivity contribution in [2.24, 2.45) is 0 Å². The summed E-state index contributed by atoms with van der Waals surface area (Å²) < 4.78 is 16.9. The summed E-state index contributed by atoms with van der Waals surface area (Å²) in [6.45, 7) is 7.69. The van der Waals surface area contributed by atoms with Crippen molar-refractivity contribution < 1.29 is 19.0 Å². The van der Waals surface area contributed by atoms with Crippen molar-refractivity contribution in [3.05, 3.63) is 45.6 Å². The standard InChI is InChI=1S/C24H29N3O4S/c1-14-6-7-15(2)18(12-14)31-17-8-10-27(11-9-17)24(28)21-16(3)20-22(30-5)25-19(13-29-4)26-23(20)32-21/h6-7,12,17H,8-11,13H2,1-5H3. The molecular weight excluding hydrogens is 426 g/mol. The summed E-state index contributed by atoms with van der Waals surface area (Å²) in [5.41, 5.74) is 3.19. The Kier molecular flexibility index (Phi) is 6.62. The van der Waals surface area contributed by atoms with E-state index in [1.807, 2.05) is 11.8 Å². The SMILES string of the molecule is COCc1nc(OC)c2c(C)c(C(=O)N3CCC(Oc4cc(C)ccc4C)CC3)sc2n1. The van der Waals surface area contributed by atoms with Gasteiger partial charge in [0.15, 0.2) is 5.82 Å². The minimum atomic E-state index is 0.0334. The highest BCUT2D eigenvalue weighted by molar-refractivity contribution is 7.20. The number of amides is 1. The van der Waals surface area contributed by atoms with E-state index in [0.717, 1.165) is 39.9 Å². The van der Waals surface area contributed by atoms with Crippen LogP contribution < -0.4 is 9.47 Å². The normalized spacial score (nSPS) is 14.7. The van der Waals surface area contributed by atoms with E-state index < -0.39 is 0 Å². The molecule has 0 spiro atoms. The zero-order valence-corrected chi connectivity index (χ0v) is 20.0. The van der Waals surface area contributed by atoms with Gasteiger partial charge in [0.2, 0.25) is 5.88 Å². The number of rotatable bonds is 6. The van der Waals surface area contributed by atoms with Crippen molar-refractivity contribution in [3.8, 4) is 11.6 Å². The summed E-state index contributed by atoms with van der Waals surface area (Å²) >= 11 is 1.39. The number of aryl methyl sites for hydroxylation is 3. The summed E-state index contributed by atoms with van der Waals surface area (Å²) in [4.78, 5) is 25.7. The van der Waals surface area contributed by atoms with Gasteiger partial charge in [-0.3, -0.25) is 4.79 Å². The first-order valence-corrected chi connectivity index (χ1v) is 11.6. The molecule has 0 bridgehead atoms. The fraction of sp³-hybridized carbons (Fsp3) is 0.458. The Morgan fingerprint density at radius 2 is 1.91 bits per heavy atom. The monoisotopic (exact) mass is 455 g/mol. The summed E-state index contributed by atoms with van der Waals surface area (Å²) in [6, 6.07) is 6.26. The molecular formula is C24H29N3O4S. The Morgan fingerprint density at radius 3 is 2.59 bits per heavy atom. The zero-order chi connectivity index (χ0) is 22.8. The lowest BCUT2D eigenvalue weighted by atomic mass is 10.1. The summed E-state index contributed by atoms with van der Waals surface area (Å²) in [6.07, 6.45) is 1.74. The van der Waals surface area contributed by atoms with Gasteiger partial charge in [-0.2, -0.15) is 4.98 Å². The van der Waals surface area contributed by atoms with E-state index in [4.69, 9.17) is 14.2 Å². The predicted molar refractivity (Wildman–Crippen MR) is 125 cm³/mol. The van der Waals surface area contributed by atoms with Crippen molar-refractivity contribution in [1.29, 1.82) is 0 Å². The van der Waals surface area contributed by atoms with Crippen molar-refractivity contribution in [2.45, 2.75) is 46.3 Å². The number of carbonyl (C=O) groups excluding carboxylic acids is 1. The summed E-state index contributed by atoms with van der Waals surface area (Å²) in [5, 5.41) is 0.800. The van der Waals surface area contributed by atoms with Gasteiger partial charge in [0.05, 0.1) is 17.4 Å². The van der Waals surface area contributed by atoms with Gasteiger partial charge in [-0.25, -0.2) is 4.98 Å². The maximum absolute atomic E-state index is 13.3. The van der Waals surface area contributed by atoms with Crippen LogP contribution in [-0.4, -0.2) is 54.2 Å². The Labute approximate surface area is 192 Å². The third-order valence-corrected chi connectivity index (χ3v) is 7.00. The number of nitrogens with zero attached hydrogens (tertiary/aromatic N) is 3. The molecule has 0 unspecified atom stereocenters. The van der Waals surface area contributed by atoms with Gasteiger partial charge in [-0.05, 0) is 43.5 Å². The number of aromatic nitrogens is 2. The largest absolute Gasteiger partial charge is 0.490 e. The fourth-order valence-corrected chi connectivity index (χ4v) is 5.18. The van der Waals surface area contributed by atoms with Gasteiger partial charge >= 0.3 is 0 Å². The second-order valence-electron chi connectivity index (χ2n) is 8.20. The number of ether oxygens (including phenoxy) is 3. The number of thiophene rings is 1. The molecule has 8 heteroatoms. The third kappa shape index (κ3) is 4.42. The van der Waals surface area contributed by atoms with E-state index in [9.17, 15) is 4.79 Å². The van der Waals surface area contributed by atoms with Crippen LogP contribution in [0.1, 0.15) is 45.0 Å². The molecule has 7 nitrogen and oxygen atoms in total. The third-order valence-electron chi connectivity index (χ3n) is 5.83. The lowest BCUT2D eigenvalue weighted by Crippen LogP contribution is -2.41. The van der Waals surface area contributed by atoms with Crippen LogP contribution in [0.5, 0.6) is 11.6 Å². The average molecular weight is 456 g/mol. The molecule has 0 atom stereocenters. The van der Waals surface area contributed by atoms with Crippen LogP contribution in [0, 0.1) is 20.8 Å².